The van der Waals surface area contributed by atoms with Crippen molar-refractivity contribution in [2.75, 3.05) is 0 Å². The van der Waals surface area contributed by atoms with E-state index in [0.29, 0.717) is 0 Å². The fourth-order valence-corrected chi connectivity index (χ4v) is 8.02. The van der Waals surface area contributed by atoms with Crippen LogP contribution in [0.1, 0.15) is 0 Å². The minimum atomic E-state index is -3.18. The molecule has 0 radical (unpaired) electrons. The van der Waals surface area contributed by atoms with E-state index in [2.05, 4.69) is 27.6 Å². The number of hydrogen-bond donors (Lipinski definition) is 0. The van der Waals surface area contributed by atoms with E-state index in [1.807, 2.05) is 73.2 Å². The van der Waals surface area contributed by atoms with E-state index in [4.69, 9.17) is 11.1 Å². The first kappa shape index (κ1) is 16.5. The first-order valence-electron chi connectivity index (χ1n) is 9.23. The quantitative estimate of drug-likeness (QED) is 0.319. The molecular weight excluding hydrogens is 400 g/mol. The Balaban J connectivity index is 1.76. The number of aromatic nitrogens is 6. The van der Waals surface area contributed by atoms with Gasteiger partial charge in [0, 0.05) is 53.3 Å². The first-order valence-corrected chi connectivity index (χ1v) is 12.1. The normalized spacial score (nSPS) is 12.3. The number of rotatable bonds is 3. The van der Waals surface area contributed by atoms with Crippen LogP contribution in [-0.4, -0.2) is 35.5 Å². The predicted octanol–water partition coefficient (Wildman–Crippen LogP) is 4.35. The Hall–Kier alpha value is -3.42. The van der Waals surface area contributed by atoms with Crippen molar-refractivity contribution in [1.29, 1.82) is 0 Å². The molecule has 6 aromatic rings. The fraction of sp³-hybridized carbons (Fsp3) is 0. The van der Waals surface area contributed by atoms with Crippen LogP contribution in [0.15, 0.2) is 91.8 Å². The number of nitrogens with zero attached hydrogens (tertiary/aromatic N) is 6. The standard InChI is InChI=1S/C21H15ClN6Si/c22-29(26-13-7-16-4-1-10-23-19(16)26,27-14-8-17-5-2-11-24-20(17)27)28-15-9-18-6-3-12-25-21(18)28/h1-15H. The molecule has 0 aliphatic rings. The predicted molar refractivity (Wildman–Crippen MR) is 117 cm³/mol. The van der Waals surface area contributed by atoms with Crippen molar-refractivity contribution in [1.82, 2.24) is 27.6 Å². The highest BCUT2D eigenvalue weighted by atomic mass is 35.6. The Morgan fingerprint density at radius 2 is 0.897 bits per heavy atom. The molecule has 0 fully saturated rings. The molecule has 29 heavy (non-hydrogen) atoms. The van der Waals surface area contributed by atoms with Gasteiger partial charge in [-0.1, -0.05) is 11.1 Å². The van der Waals surface area contributed by atoms with E-state index in [9.17, 15) is 0 Å². The Kier molecular flexibility index (Phi) is 3.44. The van der Waals surface area contributed by atoms with Crippen molar-refractivity contribution in [2.45, 2.75) is 0 Å². The average molecular weight is 415 g/mol. The molecule has 0 aromatic carbocycles. The smallest absolute Gasteiger partial charge is 0.311 e. The van der Waals surface area contributed by atoms with Gasteiger partial charge in [0.1, 0.15) is 16.9 Å². The lowest BCUT2D eigenvalue weighted by Crippen LogP contribution is -2.52. The van der Waals surface area contributed by atoms with Crippen molar-refractivity contribution < 1.29 is 0 Å². The Labute approximate surface area is 171 Å². The molecule has 6 rings (SSSR count). The molecule has 0 aliphatic carbocycles. The summed E-state index contributed by atoms with van der Waals surface area (Å²) < 4.78 is 6.27. The van der Waals surface area contributed by atoms with E-state index < -0.39 is 7.87 Å². The van der Waals surface area contributed by atoms with Crippen LogP contribution >= 0.6 is 11.1 Å². The van der Waals surface area contributed by atoms with Crippen LogP contribution in [0.25, 0.3) is 33.1 Å². The third-order valence-electron chi connectivity index (χ3n) is 5.26. The van der Waals surface area contributed by atoms with Crippen LogP contribution in [0.3, 0.4) is 0 Å². The summed E-state index contributed by atoms with van der Waals surface area (Å²) in [4.78, 5) is 13.9. The SMILES string of the molecule is Cl[Si](n1ccc2cccnc21)(n1ccc2cccnc21)n1ccc2cccnc21. The van der Waals surface area contributed by atoms with Gasteiger partial charge in [0.15, 0.2) is 0 Å². The van der Waals surface area contributed by atoms with Crippen LogP contribution in [-0.2, 0) is 0 Å². The lowest BCUT2D eigenvalue weighted by molar-refractivity contribution is 0.970. The van der Waals surface area contributed by atoms with Gasteiger partial charge in [-0.3, -0.25) is 0 Å². The van der Waals surface area contributed by atoms with Gasteiger partial charge < -0.3 is 12.7 Å². The number of hydrogen-bond acceptors (Lipinski definition) is 3. The average Bonchev–Trinajstić information content (AvgIpc) is 3.49. The molecule has 0 spiro atoms. The van der Waals surface area contributed by atoms with Gasteiger partial charge in [-0.15, -0.1) is 0 Å². The number of pyridine rings is 3. The topological polar surface area (TPSA) is 53.5 Å². The molecule has 6 aromatic heterocycles. The summed E-state index contributed by atoms with van der Waals surface area (Å²) in [5, 5.41) is 3.12. The lowest BCUT2D eigenvalue weighted by Gasteiger charge is -2.29. The summed E-state index contributed by atoms with van der Waals surface area (Å²) in [6, 6.07) is 18.1. The van der Waals surface area contributed by atoms with Crippen LogP contribution in [0.4, 0.5) is 0 Å². The van der Waals surface area contributed by atoms with Crippen molar-refractivity contribution in [3.8, 4) is 0 Å². The van der Waals surface area contributed by atoms with Crippen molar-refractivity contribution >= 4 is 52.0 Å². The van der Waals surface area contributed by atoms with Crippen LogP contribution in [0.5, 0.6) is 0 Å². The monoisotopic (exact) mass is 414 g/mol. The molecule has 0 atom stereocenters. The zero-order chi connectivity index (χ0) is 19.4. The zero-order valence-electron chi connectivity index (χ0n) is 15.2. The Morgan fingerprint density at radius 1 is 0.552 bits per heavy atom. The number of fused-ring (bicyclic) bond motifs is 3. The maximum atomic E-state index is 7.68. The summed E-state index contributed by atoms with van der Waals surface area (Å²) in [7, 11) is -3.18. The molecular formula is C21H15ClN6Si. The third-order valence-corrected chi connectivity index (χ3v) is 9.82. The minimum Gasteiger partial charge on any atom is -0.311 e. The largest absolute Gasteiger partial charge is 0.502 e. The molecule has 0 unspecified atom stereocenters. The molecule has 6 nitrogen and oxygen atoms in total. The second kappa shape index (κ2) is 6.04. The van der Waals surface area contributed by atoms with E-state index in [1.165, 1.54) is 0 Å². The van der Waals surface area contributed by atoms with Gasteiger partial charge in [0.05, 0.1) is 0 Å². The van der Waals surface area contributed by atoms with Crippen LogP contribution in [0.2, 0.25) is 0 Å². The summed E-state index contributed by atoms with van der Waals surface area (Å²) in [6.45, 7) is 0. The molecule has 0 bridgehead atoms. The van der Waals surface area contributed by atoms with Crippen molar-refractivity contribution in [2.24, 2.45) is 0 Å². The maximum absolute atomic E-state index is 7.68. The van der Waals surface area contributed by atoms with Gasteiger partial charge >= 0.3 is 7.87 Å². The molecule has 0 saturated carbocycles. The van der Waals surface area contributed by atoms with Gasteiger partial charge in [-0.2, -0.15) is 0 Å². The Bertz CT molecular complexity index is 1320. The second-order valence-electron chi connectivity index (χ2n) is 6.86. The molecule has 6 heterocycles. The van der Waals surface area contributed by atoms with E-state index in [1.54, 1.807) is 18.6 Å². The minimum absolute atomic E-state index is 0.838. The van der Waals surface area contributed by atoms with Crippen LogP contribution < -0.4 is 0 Å². The van der Waals surface area contributed by atoms with E-state index in [0.717, 1.165) is 33.1 Å². The highest BCUT2D eigenvalue weighted by molar-refractivity contribution is 7.18. The summed E-state index contributed by atoms with van der Waals surface area (Å²) in [6.07, 6.45) is 11.4. The molecule has 0 saturated heterocycles. The van der Waals surface area contributed by atoms with Gasteiger partial charge in [-0.25, -0.2) is 15.0 Å². The number of halogens is 1. The fourth-order valence-electron chi connectivity index (χ4n) is 3.94. The van der Waals surface area contributed by atoms with Gasteiger partial charge in [0.2, 0.25) is 0 Å². The summed E-state index contributed by atoms with van der Waals surface area (Å²) in [5.74, 6) is 0. The summed E-state index contributed by atoms with van der Waals surface area (Å²) >= 11 is 7.68. The molecule has 0 aliphatic heterocycles. The van der Waals surface area contributed by atoms with E-state index >= 15 is 0 Å². The van der Waals surface area contributed by atoms with E-state index in [-0.39, 0.29) is 0 Å². The second-order valence-corrected chi connectivity index (χ2v) is 10.9. The van der Waals surface area contributed by atoms with Gasteiger partial charge in [-0.05, 0) is 54.6 Å². The molecule has 8 heteroatoms. The molecule has 0 amide bonds. The van der Waals surface area contributed by atoms with Crippen molar-refractivity contribution in [3.63, 3.8) is 0 Å². The zero-order valence-corrected chi connectivity index (χ0v) is 17.0. The van der Waals surface area contributed by atoms with Crippen molar-refractivity contribution in [3.05, 3.63) is 91.8 Å². The molecule has 140 valence electrons. The highest BCUT2D eigenvalue weighted by Gasteiger charge is 2.44. The lowest BCUT2D eigenvalue weighted by atomic mass is 10.3. The highest BCUT2D eigenvalue weighted by Crippen LogP contribution is 2.30. The van der Waals surface area contributed by atoms with Crippen LogP contribution in [0, 0.1) is 0 Å². The third kappa shape index (κ3) is 2.25. The summed E-state index contributed by atoms with van der Waals surface area (Å²) in [5.41, 5.74) is 2.51. The Morgan fingerprint density at radius 3 is 1.24 bits per heavy atom. The van der Waals surface area contributed by atoms with Gasteiger partial charge in [0.25, 0.3) is 0 Å². The maximum Gasteiger partial charge on any atom is 0.502 e. The molecule has 0 N–H and O–H groups in total. The first-order chi connectivity index (χ1) is 14.3.